The smallest absolute Gasteiger partial charge is 0.270 e. The number of benzene rings is 2. The van der Waals surface area contributed by atoms with Crippen LogP contribution >= 0.6 is 11.6 Å². The first kappa shape index (κ1) is 19.5. The van der Waals surface area contributed by atoms with E-state index in [0.29, 0.717) is 23.6 Å². The predicted molar refractivity (Wildman–Crippen MR) is 114 cm³/mol. The van der Waals surface area contributed by atoms with Gasteiger partial charge in [0.05, 0.1) is 4.92 Å². The van der Waals surface area contributed by atoms with Gasteiger partial charge >= 0.3 is 0 Å². The summed E-state index contributed by atoms with van der Waals surface area (Å²) >= 11 is 6.29. The van der Waals surface area contributed by atoms with Gasteiger partial charge in [-0.05, 0) is 36.3 Å². The molecule has 2 heterocycles. The fourth-order valence-electron chi connectivity index (χ4n) is 4.45. The zero-order valence-electron chi connectivity index (χ0n) is 16.5. The Morgan fingerprint density at radius 1 is 1.24 bits per heavy atom. The summed E-state index contributed by atoms with van der Waals surface area (Å²) in [6.45, 7) is 6.86. The first-order valence-electron chi connectivity index (χ1n) is 9.49. The van der Waals surface area contributed by atoms with Crippen molar-refractivity contribution in [2.24, 2.45) is 0 Å². The second-order valence-electron chi connectivity index (χ2n) is 8.16. The molecule has 0 unspecified atom stereocenters. The summed E-state index contributed by atoms with van der Waals surface area (Å²) in [7, 11) is 0. The Labute approximate surface area is 174 Å². The lowest BCUT2D eigenvalue weighted by molar-refractivity contribution is -0.384. The van der Waals surface area contributed by atoms with Gasteiger partial charge < -0.3 is 10.2 Å². The lowest BCUT2D eigenvalue weighted by Gasteiger charge is -2.49. The molecule has 1 saturated heterocycles. The van der Waals surface area contributed by atoms with Crippen LogP contribution in [0, 0.1) is 17.0 Å². The van der Waals surface area contributed by atoms with E-state index in [1.807, 2.05) is 6.08 Å². The maximum atomic E-state index is 12.5. The Morgan fingerprint density at radius 2 is 2.00 bits per heavy atom. The van der Waals surface area contributed by atoms with Crippen molar-refractivity contribution >= 4 is 35.0 Å². The van der Waals surface area contributed by atoms with Crippen molar-refractivity contribution in [2.75, 3.05) is 11.4 Å². The highest BCUT2D eigenvalue weighted by Crippen LogP contribution is 2.52. The van der Waals surface area contributed by atoms with Crippen LogP contribution in [0.4, 0.5) is 11.4 Å². The van der Waals surface area contributed by atoms with Crippen LogP contribution in [0.5, 0.6) is 0 Å². The average Bonchev–Trinajstić information content (AvgIpc) is 2.85. The number of nitrogens with zero attached hydrogens (tertiary/aromatic N) is 2. The van der Waals surface area contributed by atoms with Crippen LogP contribution < -0.4 is 10.2 Å². The third-order valence-electron chi connectivity index (χ3n) is 6.08. The second kappa shape index (κ2) is 6.59. The number of amides is 1. The van der Waals surface area contributed by atoms with Crippen molar-refractivity contribution in [2.45, 2.75) is 38.3 Å². The van der Waals surface area contributed by atoms with E-state index in [1.54, 1.807) is 6.08 Å². The minimum absolute atomic E-state index is 0.0198. The Morgan fingerprint density at radius 3 is 2.72 bits per heavy atom. The summed E-state index contributed by atoms with van der Waals surface area (Å²) in [6, 6.07) is 10.7. The second-order valence-corrected chi connectivity index (χ2v) is 8.57. The van der Waals surface area contributed by atoms with Crippen LogP contribution in [0.15, 0.2) is 42.5 Å². The molecular formula is C22H22ClN3O3. The van der Waals surface area contributed by atoms with Crippen molar-refractivity contribution in [3.05, 3.63) is 74.3 Å². The fourth-order valence-corrected chi connectivity index (χ4v) is 4.63. The summed E-state index contributed by atoms with van der Waals surface area (Å²) in [5.41, 5.74) is 2.72. The van der Waals surface area contributed by atoms with E-state index in [0.717, 1.165) is 16.8 Å². The number of hydrogen-bond acceptors (Lipinski definition) is 4. The van der Waals surface area contributed by atoms with Gasteiger partial charge in [-0.3, -0.25) is 14.9 Å². The quantitative estimate of drug-likeness (QED) is 0.592. The number of anilines is 1. The number of nitro groups is 1. The maximum absolute atomic E-state index is 12.5. The maximum Gasteiger partial charge on any atom is 0.270 e. The number of hydrogen-bond donors (Lipinski definition) is 1. The van der Waals surface area contributed by atoms with E-state index in [9.17, 15) is 14.9 Å². The van der Waals surface area contributed by atoms with Gasteiger partial charge in [0.15, 0.2) is 0 Å². The lowest BCUT2D eigenvalue weighted by Crippen LogP contribution is -2.68. The normalized spacial score (nSPS) is 22.3. The van der Waals surface area contributed by atoms with Gasteiger partial charge in [0.1, 0.15) is 5.66 Å². The van der Waals surface area contributed by atoms with Crippen molar-refractivity contribution in [1.29, 1.82) is 0 Å². The van der Waals surface area contributed by atoms with Crippen LogP contribution in [-0.4, -0.2) is 23.0 Å². The zero-order chi connectivity index (χ0) is 21.0. The van der Waals surface area contributed by atoms with Crippen LogP contribution in [-0.2, 0) is 10.2 Å². The largest absolute Gasteiger partial charge is 0.344 e. The molecule has 1 amide bonds. The molecule has 0 bridgehead atoms. The van der Waals surface area contributed by atoms with Gasteiger partial charge in [-0.15, -0.1) is 0 Å². The van der Waals surface area contributed by atoms with Crippen LogP contribution in [0.3, 0.4) is 0 Å². The highest BCUT2D eigenvalue weighted by atomic mass is 35.5. The fraction of sp³-hybridized carbons (Fsp3) is 0.318. The van der Waals surface area contributed by atoms with Crippen molar-refractivity contribution in [1.82, 2.24) is 5.32 Å². The molecule has 0 saturated carbocycles. The van der Waals surface area contributed by atoms with E-state index >= 15 is 0 Å². The Bertz CT molecular complexity index is 1060. The van der Waals surface area contributed by atoms with Gasteiger partial charge in [0, 0.05) is 41.2 Å². The van der Waals surface area contributed by atoms with E-state index in [2.05, 4.69) is 49.2 Å². The Balaban J connectivity index is 1.86. The number of rotatable bonds is 3. The van der Waals surface area contributed by atoms with Gasteiger partial charge in [-0.1, -0.05) is 49.2 Å². The van der Waals surface area contributed by atoms with Crippen molar-refractivity contribution < 1.29 is 9.72 Å². The van der Waals surface area contributed by atoms with Gasteiger partial charge in [0.25, 0.3) is 5.69 Å². The van der Waals surface area contributed by atoms with E-state index in [1.165, 1.54) is 18.2 Å². The molecule has 0 aliphatic carbocycles. The highest BCUT2D eigenvalue weighted by molar-refractivity contribution is 6.32. The van der Waals surface area contributed by atoms with Crippen LogP contribution in [0.2, 0.25) is 5.02 Å². The molecule has 1 N–H and O–H groups in total. The van der Waals surface area contributed by atoms with E-state index in [4.69, 9.17) is 11.6 Å². The molecule has 6 nitrogen and oxygen atoms in total. The van der Waals surface area contributed by atoms with Crippen LogP contribution in [0.25, 0.3) is 6.08 Å². The topological polar surface area (TPSA) is 75.5 Å². The number of carbonyl (C=O) groups excluding carboxylic acids is 1. The zero-order valence-corrected chi connectivity index (χ0v) is 17.3. The number of aryl methyl sites for hydroxylation is 1. The summed E-state index contributed by atoms with van der Waals surface area (Å²) in [5.74, 6) is -0.0198. The van der Waals surface area contributed by atoms with Crippen molar-refractivity contribution in [3.63, 3.8) is 0 Å². The van der Waals surface area contributed by atoms with E-state index < -0.39 is 16.0 Å². The Hall–Kier alpha value is -2.86. The number of fused-ring (bicyclic) bond motifs is 3. The third-order valence-corrected chi connectivity index (χ3v) is 6.43. The predicted octanol–water partition coefficient (Wildman–Crippen LogP) is 4.58. The Kier molecular flexibility index (Phi) is 4.42. The molecule has 4 rings (SSSR count). The number of halogens is 1. The summed E-state index contributed by atoms with van der Waals surface area (Å²) in [4.78, 5) is 25.4. The first-order chi connectivity index (χ1) is 13.7. The molecular weight excluding hydrogens is 390 g/mol. The number of nitro benzene ring substituents is 1. The van der Waals surface area contributed by atoms with Gasteiger partial charge in [0.2, 0.25) is 5.91 Å². The molecule has 0 radical (unpaired) electrons. The SMILES string of the molecule is Cc1ccc2c(c1)C(C)(C)[C@]1(/C=C/c3cc([N+](=O)[O-])ccc3Cl)NC(=O)CCN21. The standard InChI is InChI=1S/C22H22ClN3O3/c1-14-4-7-19-17(12-14)21(2,3)22(24-20(27)9-11-25(19)22)10-8-15-13-16(26(28)29)5-6-18(15)23/h4-8,10,12-13H,9,11H2,1-3H3,(H,24,27)/b10-8+/t22-/m1/s1. The van der Waals surface area contributed by atoms with Crippen molar-refractivity contribution in [3.8, 4) is 0 Å². The molecule has 2 aromatic carbocycles. The van der Waals surface area contributed by atoms with Crippen LogP contribution in [0.1, 0.15) is 37.0 Å². The molecule has 0 spiro atoms. The molecule has 0 aromatic heterocycles. The highest BCUT2D eigenvalue weighted by Gasteiger charge is 2.57. The number of carbonyl (C=O) groups is 1. The molecule has 2 aromatic rings. The first-order valence-corrected chi connectivity index (χ1v) is 9.86. The van der Waals surface area contributed by atoms with Gasteiger partial charge in [-0.25, -0.2) is 0 Å². The monoisotopic (exact) mass is 411 g/mol. The molecule has 7 heteroatoms. The molecule has 2 aliphatic heterocycles. The minimum Gasteiger partial charge on any atom is -0.344 e. The molecule has 150 valence electrons. The average molecular weight is 412 g/mol. The summed E-state index contributed by atoms with van der Waals surface area (Å²) in [6.07, 6.45) is 4.11. The summed E-state index contributed by atoms with van der Waals surface area (Å²) < 4.78 is 0. The number of nitrogens with one attached hydrogen (secondary N) is 1. The van der Waals surface area contributed by atoms with E-state index in [-0.39, 0.29) is 11.6 Å². The molecule has 29 heavy (non-hydrogen) atoms. The molecule has 1 atom stereocenters. The third kappa shape index (κ3) is 2.90. The minimum atomic E-state index is -0.785. The molecule has 1 fully saturated rings. The summed E-state index contributed by atoms with van der Waals surface area (Å²) in [5, 5.41) is 14.8. The lowest BCUT2D eigenvalue weighted by atomic mass is 9.74. The van der Waals surface area contributed by atoms with Gasteiger partial charge in [-0.2, -0.15) is 0 Å². The number of non-ortho nitro benzene ring substituents is 1. The molecule has 2 aliphatic rings.